The fourth-order valence-corrected chi connectivity index (χ4v) is 2.97. The van der Waals surface area contributed by atoms with Crippen LogP contribution in [0.5, 0.6) is 5.75 Å². The second-order valence-electron chi connectivity index (χ2n) is 5.60. The van der Waals surface area contributed by atoms with E-state index < -0.39 is 0 Å². The largest absolute Gasteiger partial charge is 0.490 e. The van der Waals surface area contributed by atoms with Gasteiger partial charge in [0.15, 0.2) is 0 Å². The number of aromatic amines is 1. The summed E-state index contributed by atoms with van der Waals surface area (Å²) in [4.78, 5) is 14.4. The van der Waals surface area contributed by atoms with Gasteiger partial charge in [0, 0.05) is 16.1 Å². The van der Waals surface area contributed by atoms with E-state index in [9.17, 15) is 4.79 Å². The van der Waals surface area contributed by atoms with Crippen LogP contribution >= 0.6 is 11.6 Å². The summed E-state index contributed by atoms with van der Waals surface area (Å²) in [6.45, 7) is 1.42. The van der Waals surface area contributed by atoms with Crippen LogP contribution < -0.4 is 15.0 Å². The number of hydrogen-bond donors (Lipinski definition) is 2. The Morgan fingerprint density at radius 1 is 1.33 bits per heavy atom. The minimum atomic E-state index is -0.0957. The number of carbonyl (C=O) groups is 1. The summed E-state index contributed by atoms with van der Waals surface area (Å²) in [7, 11) is 0. The molecule has 2 aromatic carbocycles. The van der Waals surface area contributed by atoms with E-state index in [-0.39, 0.29) is 12.5 Å². The first-order chi connectivity index (χ1) is 11.7. The van der Waals surface area contributed by atoms with Gasteiger partial charge in [-0.15, -0.1) is 0 Å². The molecule has 0 bridgehead atoms. The van der Waals surface area contributed by atoms with Crippen molar-refractivity contribution in [2.45, 2.75) is 0 Å². The molecule has 1 aliphatic rings. The van der Waals surface area contributed by atoms with E-state index in [0.29, 0.717) is 18.2 Å². The molecule has 1 aromatic heterocycles. The predicted octanol–water partition coefficient (Wildman–Crippen LogP) is 3.05. The fraction of sp³-hybridized carbons (Fsp3) is 0.176. The van der Waals surface area contributed by atoms with E-state index in [2.05, 4.69) is 15.5 Å². The van der Waals surface area contributed by atoms with Crippen molar-refractivity contribution in [3.05, 3.63) is 47.6 Å². The third-order valence-electron chi connectivity index (χ3n) is 3.94. The van der Waals surface area contributed by atoms with Gasteiger partial charge in [0.25, 0.3) is 0 Å². The summed E-state index contributed by atoms with van der Waals surface area (Å²) in [5, 5.41) is 11.4. The number of anilines is 2. The summed E-state index contributed by atoms with van der Waals surface area (Å²) in [5.74, 6) is 0.652. The van der Waals surface area contributed by atoms with Gasteiger partial charge in [0.2, 0.25) is 5.91 Å². The molecule has 0 spiro atoms. The van der Waals surface area contributed by atoms with E-state index in [1.165, 1.54) is 0 Å². The van der Waals surface area contributed by atoms with Gasteiger partial charge in [-0.2, -0.15) is 5.10 Å². The number of nitrogens with one attached hydrogen (secondary N) is 2. The third-order valence-corrected chi connectivity index (χ3v) is 4.18. The number of halogens is 1. The highest BCUT2D eigenvalue weighted by molar-refractivity contribution is 6.31. The Morgan fingerprint density at radius 3 is 3.17 bits per heavy atom. The van der Waals surface area contributed by atoms with Crippen molar-refractivity contribution in [3.63, 3.8) is 0 Å². The Bertz CT molecular complexity index is 908. The van der Waals surface area contributed by atoms with Crippen molar-refractivity contribution in [2.24, 2.45) is 0 Å². The molecule has 3 aromatic rings. The molecule has 1 amide bonds. The molecule has 0 radical (unpaired) electrons. The van der Waals surface area contributed by atoms with Gasteiger partial charge in [0.05, 0.1) is 30.5 Å². The van der Waals surface area contributed by atoms with Crippen molar-refractivity contribution in [1.82, 2.24) is 10.2 Å². The first-order valence-corrected chi connectivity index (χ1v) is 7.97. The van der Waals surface area contributed by atoms with Crippen LogP contribution in [0.4, 0.5) is 11.4 Å². The summed E-state index contributed by atoms with van der Waals surface area (Å²) >= 11 is 6.06. The Labute approximate surface area is 143 Å². The maximum absolute atomic E-state index is 12.4. The van der Waals surface area contributed by atoms with Gasteiger partial charge >= 0.3 is 0 Å². The van der Waals surface area contributed by atoms with Crippen LogP contribution in [-0.2, 0) is 4.79 Å². The maximum atomic E-state index is 12.4. The van der Waals surface area contributed by atoms with Crippen LogP contribution in [-0.4, -0.2) is 35.8 Å². The number of hydrogen-bond acceptors (Lipinski definition) is 4. The Kier molecular flexibility index (Phi) is 3.74. The van der Waals surface area contributed by atoms with Gasteiger partial charge in [-0.3, -0.25) is 9.89 Å². The normalized spacial score (nSPS) is 13.5. The number of fused-ring (bicyclic) bond motifs is 2. The molecule has 0 saturated carbocycles. The Hall–Kier alpha value is -2.73. The highest BCUT2D eigenvalue weighted by Crippen LogP contribution is 2.33. The zero-order valence-electron chi connectivity index (χ0n) is 12.8. The van der Waals surface area contributed by atoms with Gasteiger partial charge in [-0.05, 0) is 36.4 Å². The standard InChI is InChI=1S/C17H15ClN4O2/c18-12-2-4-16-15(7-12)22(5-6-24-16)10-17(23)20-13-3-1-11-9-19-21-14(11)8-13/h1-4,7-9H,5-6,10H2,(H,19,21)(H,20,23). The van der Waals surface area contributed by atoms with E-state index in [0.717, 1.165) is 28.0 Å². The lowest BCUT2D eigenvalue weighted by Gasteiger charge is -2.30. The first kappa shape index (κ1) is 14.8. The van der Waals surface area contributed by atoms with Crippen LogP contribution in [0, 0.1) is 0 Å². The lowest BCUT2D eigenvalue weighted by molar-refractivity contribution is -0.115. The molecule has 2 heterocycles. The van der Waals surface area contributed by atoms with Crippen LogP contribution in [0.1, 0.15) is 0 Å². The molecule has 24 heavy (non-hydrogen) atoms. The van der Waals surface area contributed by atoms with Crippen LogP contribution in [0.3, 0.4) is 0 Å². The molecule has 2 N–H and O–H groups in total. The van der Waals surface area contributed by atoms with Gasteiger partial charge in [-0.25, -0.2) is 0 Å². The lowest BCUT2D eigenvalue weighted by Crippen LogP contribution is -2.38. The smallest absolute Gasteiger partial charge is 0.243 e. The molecule has 1 aliphatic heterocycles. The van der Waals surface area contributed by atoms with Gasteiger partial charge in [-0.1, -0.05) is 11.6 Å². The number of rotatable bonds is 3. The third kappa shape index (κ3) is 2.88. The van der Waals surface area contributed by atoms with Crippen molar-refractivity contribution in [2.75, 3.05) is 29.9 Å². The molecule has 4 rings (SSSR count). The topological polar surface area (TPSA) is 70.2 Å². The van der Waals surface area contributed by atoms with Crippen molar-refractivity contribution in [3.8, 4) is 5.75 Å². The second kappa shape index (κ2) is 6.05. The van der Waals surface area contributed by atoms with Crippen molar-refractivity contribution < 1.29 is 9.53 Å². The summed E-state index contributed by atoms with van der Waals surface area (Å²) in [6, 6.07) is 11.1. The molecule has 0 fully saturated rings. The van der Waals surface area contributed by atoms with E-state index in [1.54, 1.807) is 12.3 Å². The molecule has 6 nitrogen and oxygen atoms in total. The number of amides is 1. The summed E-state index contributed by atoms with van der Waals surface area (Å²) < 4.78 is 5.60. The molecule has 122 valence electrons. The second-order valence-corrected chi connectivity index (χ2v) is 6.04. The first-order valence-electron chi connectivity index (χ1n) is 7.59. The summed E-state index contributed by atoms with van der Waals surface area (Å²) in [5.41, 5.74) is 2.46. The highest BCUT2D eigenvalue weighted by atomic mass is 35.5. The van der Waals surface area contributed by atoms with Crippen LogP contribution in [0.15, 0.2) is 42.6 Å². The molecule has 0 atom stereocenters. The van der Waals surface area contributed by atoms with E-state index in [1.807, 2.05) is 35.2 Å². The number of nitrogens with zero attached hydrogens (tertiary/aromatic N) is 2. The van der Waals surface area contributed by atoms with Crippen LogP contribution in [0.25, 0.3) is 10.9 Å². The molecular formula is C17H15ClN4O2. The van der Waals surface area contributed by atoms with Crippen molar-refractivity contribution in [1.29, 1.82) is 0 Å². The number of aromatic nitrogens is 2. The van der Waals surface area contributed by atoms with E-state index >= 15 is 0 Å². The molecular weight excluding hydrogens is 328 g/mol. The fourth-order valence-electron chi connectivity index (χ4n) is 2.80. The van der Waals surface area contributed by atoms with Crippen LogP contribution in [0.2, 0.25) is 5.02 Å². The maximum Gasteiger partial charge on any atom is 0.243 e. The Morgan fingerprint density at radius 2 is 2.25 bits per heavy atom. The number of benzene rings is 2. The monoisotopic (exact) mass is 342 g/mol. The Balaban J connectivity index is 1.49. The van der Waals surface area contributed by atoms with Crippen molar-refractivity contribution >= 4 is 39.8 Å². The number of ether oxygens (including phenoxy) is 1. The lowest BCUT2D eigenvalue weighted by atomic mass is 10.2. The number of H-pyrrole nitrogens is 1. The van der Waals surface area contributed by atoms with Gasteiger partial charge in [0.1, 0.15) is 12.4 Å². The molecule has 0 saturated heterocycles. The minimum Gasteiger partial charge on any atom is -0.490 e. The predicted molar refractivity (Wildman–Crippen MR) is 93.9 cm³/mol. The SMILES string of the molecule is O=C(CN1CCOc2ccc(Cl)cc21)Nc1ccc2cn[nH]c2c1. The number of carbonyl (C=O) groups excluding carboxylic acids is 1. The molecule has 0 aliphatic carbocycles. The average Bonchev–Trinajstić information content (AvgIpc) is 3.03. The van der Waals surface area contributed by atoms with Gasteiger partial charge < -0.3 is 15.0 Å². The van der Waals surface area contributed by atoms with E-state index in [4.69, 9.17) is 16.3 Å². The highest BCUT2D eigenvalue weighted by Gasteiger charge is 2.20. The average molecular weight is 343 g/mol. The molecule has 0 unspecified atom stereocenters. The zero-order valence-corrected chi connectivity index (χ0v) is 13.5. The zero-order chi connectivity index (χ0) is 16.5. The quantitative estimate of drug-likeness (QED) is 0.767. The minimum absolute atomic E-state index is 0.0957. The molecule has 7 heteroatoms. The summed E-state index contributed by atoms with van der Waals surface area (Å²) in [6.07, 6.45) is 1.75.